The van der Waals surface area contributed by atoms with Crippen LogP contribution in [0.4, 0.5) is 5.69 Å². The molecule has 2 aliphatic heterocycles. The Balaban J connectivity index is 1.50. The summed E-state index contributed by atoms with van der Waals surface area (Å²) in [5, 5.41) is 0. The monoisotopic (exact) mass is 421 g/mol. The van der Waals surface area contributed by atoms with Gasteiger partial charge in [0.1, 0.15) is 5.75 Å². The predicted molar refractivity (Wildman–Crippen MR) is 125 cm³/mol. The van der Waals surface area contributed by atoms with Gasteiger partial charge >= 0.3 is 0 Å². The number of benzene rings is 3. The first-order valence-corrected chi connectivity index (χ1v) is 10.8. The fourth-order valence-corrected chi connectivity index (χ4v) is 5.51. The van der Waals surface area contributed by atoms with Gasteiger partial charge in [-0.2, -0.15) is 0 Å². The minimum Gasteiger partial charge on any atom is -0.463 e. The van der Waals surface area contributed by atoms with Crippen molar-refractivity contribution in [3.63, 3.8) is 0 Å². The lowest BCUT2D eigenvalue weighted by Crippen LogP contribution is -2.58. The first-order chi connectivity index (χ1) is 15.2. The molecule has 0 bridgehead atoms. The van der Waals surface area contributed by atoms with Crippen LogP contribution in [0.2, 0.25) is 0 Å². The summed E-state index contributed by atoms with van der Waals surface area (Å²) in [6.07, 6.45) is 4.11. The number of fused-ring (bicyclic) bond motifs is 4. The van der Waals surface area contributed by atoms with E-state index < -0.39 is 5.72 Å². The Morgan fingerprint density at radius 2 is 1.50 bits per heavy atom. The summed E-state index contributed by atoms with van der Waals surface area (Å²) >= 11 is 0. The van der Waals surface area contributed by atoms with E-state index in [-0.39, 0.29) is 17.0 Å². The summed E-state index contributed by atoms with van der Waals surface area (Å²) in [5.41, 5.74) is 5.07. The molecule has 3 aliphatic rings. The molecule has 4 nitrogen and oxygen atoms in total. The van der Waals surface area contributed by atoms with Crippen LogP contribution in [0.5, 0.6) is 5.75 Å². The van der Waals surface area contributed by atoms with Crippen molar-refractivity contribution in [3.8, 4) is 5.75 Å². The van der Waals surface area contributed by atoms with Crippen LogP contribution >= 0.6 is 0 Å². The number of aryl methyl sites for hydroxylation is 1. The van der Waals surface area contributed by atoms with Crippen molar-refractivity contribution in [1.82, 2.24) is 0 Å². The highest BCUT2D eigenvalue weighted by atomic mass is 16.5. The van der Waals surface area contributed by atoms with Gasteiger partial charge in [0.25, 0.3) is 0 Å². The van der Waals surface area contributed by atoms with Crippen molar-refractivity contribution >= 4 is 23.3 Å². The normalized spacial score (nSPS) is 21.7. The quantitative estimate of drug-likeness (QED) is 0.387. The molecule has 1 aliphatic carbocycles. The van der Waals surface area contributed by atoms with E-state index in [4.69, 9.17) is 4.74 Å². The summed E-state index contributed by atoms with van der Waals surface area (Å²) in [6, 6.07) is 17.0. The van der Waals surface area contributed by atoms with Gasteiger partial charge in [0, 0.05) is 40.6 Å². The second kappa shape index (κ2) is 5.98. The molecular weight excluding hydrogens is 398 g/mol. The highest BCUT2D eigenvalue weighted by Gasteiger charge is 2.57. The number of carbonyl (C=O) groups excluding carboxylic acids is 2. The topological polar surface area (TPSA) is 46.6 Å². The molecule has 0 fully saturated rings. The van der Waals surface area contributed by atoms with Gasteiger partial charge < -0.3 is 9.64 Å². The van der Waals surface area contributed by atoms with Crippen LogP contribution in [-0.4, -0.2) is 24.3 Å². The molecule has 2 heterocycles. The van der Waals surface area contributed by atoms with Gasteiger partial charge in [-0.25, -0.2) is 0 Å². The SMILES string of the molecule is Cc1ccc2c(c1)C(C)(C)C1(C=Cc3cc4c(cc3O1)C(=O)c1ccccc1C4=O)N2C. The van der Waals surface area contributed by atoms with Crippen LogP contribution < -0.4 is 9.64 Å². The number of rotatable bonds is 0. The van der Waals surface area contributed by atoms with Gasteiger partial charge in [-0.05, 0) is 56.7 Å². The first kappa shape index (κ1) is 19.1. The Morgan fingerprint density at radius 1 is 0.844 bits per heavy atom. The molecule has 4 heteroatoms. The Kier molecular flexibility index (Phi) is 3.56. The fourth-order valence-electron chi connectivity index (χ4n) is 5.51. The average Bonchev–Trinajstić information content (AvgIpc) is 2.94. The number of hydrogen-bond donors (Lipinski definition) is 0. The third kappa shape index (κ3) is 2.17. The molecule has 0 saturated heterocycles. The third-order valence-corrected chi connectivity index (χ3v) is 7.39. The largest absolute Gasteiger partial charge is 0.463 e. The van der Waals surface area contributed by atoms with E-state index in [1.807, 2.05) is 13.1 Å². The van der Waals surface area contributed by atoms with Gasteiger partial charge in [0.2, 0.25) is 5.72 Å². The second-order valence-corrected chi connectivity index (χ2v) is 9.48. The molecule has 3 aromatic rings. The van der Waals surface area contributed by atoms with Gasteiger partial charge in [-0.3, -0.25) is 9.59 Å². The maximum Gasteiger partial charge on any atom is 0.211 e. The summed E-state index contributed by atoms with van der Waals surface area (Å²) < 4.78 is 6.74. The second-order valence-electron chi connectivity index (χ2n) is 9.48. The van der Waals surface area contributed by atoms with Crippen molar-refractivity contribution in [2.24, 2.45) is 0 Å². The third-order valence-electron chi connectivity index (χ3n) is 7.39. The van der Waals surface area contributed by atoms with Crippen molar-refractivity contribution in [1.29, 1.82) is 0 Å². The summed E-state index contributed by atoms with van der Waals surface area (Å²) in [4.78, 5) is 28.5. The summed E-state index contributed by atoms with van der Waals surface area (Å²) in [6.45, 7) is 6.47. The van der Waals surface area contributed by atoms with E-state index in [2.05, 4.69) is 49.9 Å². The smallest absolute Gasteiger partial charge is 0.211 e. The van der Waals surface area contributed by atoms with Crippen molar-refractivity contribution < 1.29 is 14.3 Å². The number of nitrogens with zero attached hydrogens (tertiary/aromatic N) is 1. The van der Waals surface area contributed by atoms with E-state index in [9.17, 15) is 9.59 Å². The number of ketones is 2. The number of likely N-dealkylation sites (N-methyl/N-ethyl adjacent to an activating group) is 1. The molecule has 0 saturated carbocycles. The molecule has 158 valence electrons. The van der Waals surface area contributed by atoms with Crippen molar-refractivity contribution in [3.05, 3.63) is 99.6 Å². The number of anilines is 1. The number of ether oxygens (including phenoxy) is 1. The summed E-state index contributed by atoms with van der Waals surface area (Å²) in [7, 11) is 2.04. The van der Waals surface area contributed by atoms with Crippen molar-refractivity contribution in [2.45, 2.75) is 31.9 Å². The molecule has 0 aromatic heterocycles. The summed E-state index contributed by atoms with van der Waals surface area (Å²) in [5.74, 6) is 0.368. The minimum atomic E-state index is -0.732. The predicted octanol–water partition coefficient (Wildman–Crippen LogP) is 5.30. The Bertz CT molecular complexity index is 1400. The van der Waals surface area contributed by atoms with Crippen LogP contribution in [0.1, 0.15) is 62.4 Å². The lowest BCUT2D eigenvalue weighted by molar-refractivity contribution is 0.0580. The van der Waals surface area contributed by atoms with Gasteiger partial charge in [0.15, 0.2) is 11.6 Å². The molecule has 1 unspecified atom stereocenters. The van der Waals surface area contributed by atoms with E-state index in [1.165, 1.54) is 11.1 Å². The molecule has 0 radical (unpaired) electrons. The van der Waals surface area contributed by atoms with Crippen LogP contribution in [-0.2, 0) is 5.41 Å². The van der Waals surface area contributed by atoms with Crippen LogP contribution in [0.3, 0.4) is 0 Å². The number of hydrogen-bond acceptors (Lipinski definition) is 4. The van der Waals surface area contributed by atoms with Crippen molar-refractivity contribution in [2.75, 3.05) is 11.9 Å². The molecular formula is C28H23NO3. The Morgan fingerprint density at radius 3 is 2.19 bits per heavy atom. The first-order valence-electron chi connectivity index (χ1n) is 10.8. The number of carbonyl (C=O) groups is 2. The fraction of sp³-hybridized carbons (Fsp3) is 0.214. The van der Waals surface area contributed by atoms with E-state index in [0.717, 1.165) is 11.3 Å². The van der Waals surface area contributed by atoms with Gasteiger partial charge in [-0.15, -0.1) is 0 Å². The molecule has 32 heavy (non-hydrogen) atoms. The maximum absolute atomic E-state index is 13.2. The maximum atomic E-state index is 13.2. The molecule has 1 atom stereocenters. The van der Waals surface area contributed by atoms with Gasteiger partial charge in [0.05, 0.1) is 5.41 Å². The van der Waals surface area contributed by atoms with E-state index in [1.54, 1.807) is 36.4 Å². The van der Waals surface area contributed by atoms with Crippen LogP contribution in [0.15, 0.2) is 60.7 Å². The van der Waals surface area contributed by atoms with E-state index >= 15 is 0 Å². The zero-order valence-corrected chi connectivity index (χ0v) is 18.5. The Labute approximate surface area is 187 Å². The minimum absolute atomic E-state index is 0.118. The molecule has 0 N–H and O–H groups in total. The highest BCUT2D eigenvalue weighted by molar-refractivity contribution is 6.28. The molecule has 1 spiro atoms. The lowest BCUT2D eigenvalue weighted by Gasteiger charge is -2.46. The highest BCUT2D eigenvalue weighted by Crippen LogP contribution is 2.54. The molecule has 0 amide bonds. The molecule has 6 rings (SSSR count). The van der Waals surface area contributed by atoms with Crippen LogP contribution in [0, 0.1) is 6.92 Å². The Hall–Kier alpha value is -3.66. The van der Waals surface area contributed by atoms with Gasteiger partial charge in [-0.1, -0.05) is 42.0 Å². The van der Waals surface area contributed by atoms with E-state index in [0.29, 0.717) is 28.0 Å². The lowest BCUT2D eigenvalue weighted by atomic mass is 9.75. The zero-order valence-electron chi connectivity index (χ0n) is 18.5. The van der Waals surface area contributed by atoms with Crippen LogP contribution in [0.25, 0.3) is 6.08 Å². The molecule has 3 aromatic carbocycles. The zero-order chi connectivity index (χ0) is 22.4. The average molecular weight is 421 g/mol. The standard InChI is InChI=1S/C28H23NO3/c1-16-9-10-23-22(13-16)27(2,3)28(29(23)4)12-11-17-14-20-21(15-24(17)32-28)26(31)19-8-6-5-7-18(19)25(20)30/h5-15H,1-4H3.